The maximum absolute atomic E-state index is 6.33. The molecule has 2 unspecified atom stereocenters. The summed E-state index contributed by atoms with van der Waals surface area (Å²) < 4.78 is 1.04. The van der Waals surface area contributed by atoms with E-state index in [0.29, 0.717) is 17.9 Å². The van der Waals surface area contributed by atoms with Crippen LogP contribution in [0.5, 0.6) is 0 Å². The van der Waals surface area contributed by atoms with Crippen LogP contribution in [0.2, 0.25) is 5.02 Å². The zero-order valence-corrected chi connectivity index (χ0v) is 14.7. The molecule has 2 atom stereocenters. The third kappa shape index (κ3) is 5.45. The van der Waals surface area contributed by atoms with Gasteiger partial charge in [-0.1, -0.05) is 61.3 Å². The molecule has 19 heavy (non-hydrogen) atoms. The number of halogens is 2. The second-order valence-electron chi connectivity index (χ2n) is 5.60. The first-order valence-electron chi connectivity index (χ1n) is 7.13. The molecule has 1 N–H and O–H groups in total. The first-order chi connectivity index (χ1) is 8.95. The average Bonchev–Trinajstić information content (AvgIpc) is 2.36. The molecular formula is C16H25BrClN. The van der Waals surface area contributed by atoms with Crippen molar-refractivity contribution in [1.82, 2.24) is 5.32 Å². The molecule has 108 valence electrons. The molecule has 0 aromatic heterocycles. The molecule has 3 heteroatoms. The predicted molar refractivity (Wildman–Crippen MR) is 88.9 cm³/mol. The molecule has 0 aliphatic heterocycles. The topological polar surface area (TPSA) is 12.0 Å². The van der Waals surface area contributed by atoms with E-state index in [2.05, 4.69) is 61.1 Å². The van der Waals surface area contributed by atoms with Gasteiger partial charge in [-0.25, -0.2) is 0 Å². The van der Waals surface area contributed by atoms with Crippen molar-refractivity contribution >= 4 is 27.5 Å². The molecule has 0 radical (unpaired) electrons. The van der Waals surface area contributed by atoms with E-state index in [-0.39, 0.29) is 0 Å². The molecule has 0 aliphatic rings. The van der Waals surface area contributed by atoms with E-state index in [4.69, 9.17) is 11.6 Å². The molecule has 0 fully saturated rings. The van der Waals surface area contributed by atoms with Crippen LogP contribution >= 0.6 is 27.5 Å². The molecule has 0 saturated carbocycles. The molecule has 0 bridgehead atoms. The minimum absolute atomic E-state index is 0.485. The average molecular weight is 347 g/mol. The highest BCUT2D eigenvalue weighted by Gasteiger charge is 2.20. The van der Waals surface area contributed by atoms with Crippen molar-refractivity contribution < 1.29 is 0 Å². The number of nitrogens with one attached hydrogen (secondary N) is 1. The van der Waals surface area contributed by atoms with Crippen molar-refractivity contribution in [3.8, 4) is 0 Å². The van der Waals surface area contributed by atoms with E-state index >= 15 is 0 Å². The van der Waals surface area contributed by atoms with Gasteiger partial charge in [0.05, 0.1) is 0 Å². The van der Waals surface area contributed by atoms with E-state index in [9.17, 15) is 0 Å². The molecule has 1 rings (SSSR count). The van der Waals surface area contributed by atoms with Crippen molar-refractivity contribution in [1.29, 1.82) is 0 Å². The Balaban J connectivity index is 2.81. The third-order valence-corrected chi connectivity index (χ3v) is 4.64. The minimum atomic E-state index is 0.485. The Bertz CT molecular complexity index is 392. The molecule has 0 heterocycles. The smallest absolute Gasteiger partial charge is 0.0449 e. The lowest BCUT2D eigenvalue weighted by atomic mass is 9.86. The van der Waals surface area contributed by atoms with Crippen LogP contribution in [0.3, 0.4) is 0 Å². The van der Waals surface area contributed by atoms with Crippen molar-refractivity contribution in [2.75, 3.05) is 6.54 Å². The van der Waals surface area contributed by atoms with Crippen LogP contribution in [0.1, 0.15) is 39.7 Å². The van der Waals surface area contributed by atoms with Crippen LogP contribution in [-0.2, 0) is 6.42 Å². The van der Waals surface area contributed by atoms with Gasteiger partial charge < -0.3 is 5.32 Å². The number of hydrogen-bond donors (Lipinski definition) is 1. The Kier molecular flexibility index (Phi) is 7.41. The van der Waals surface area contributed by atoms with Gasteiger partial charge in [0.25, 0.3) is 0 Å². The van der Waals surface area contributed by atoms with Crippen LogP contribution in [-0.4, -0.2) is 12.6 Å². The molecule has 0 aliphatic carbocycles. The normalized spacial score (nSPS) is 14.7. The lowest BCUT2D eigenvalue weighted by Gasteiger charge is -2.28. The highest BCUT2D eigenvalue weighted by atomic mass is 79.9. The van der Waals surface area contributed by atoms with Crippen molar-refractivity contribution in [3.05, 3.63) is 33.3 Å². The van der Waals surface area contributed by atoms with E-state index in [1.807, 2.05) is 6.07 Å². The molecule has 1 nitrogen and oxygen atoms in total. The van der Waals surface area contributed by atoms with Crippen LogP contribution in [0.15, 0.2) is 22.7 Å². The largest absolute Gasteiger partial charge is 0.313 e. The van der Waals surface area contributed by atoms with Crippen LogP contribution in [0.4, 0.5) is 0 Å². The van der Waals surface area contributed by atoms with Gasteiger partial charge in [0, 0.05) is 15.5 Å². The summed E-state index contributed by atoms with van der Waals surface area (Å²) in [6.07, 6.45) is 2.15. The maximum atomic E-state index is 6.33. The highest BCUT2D eigenvalue weighted by molar-refractivity contribution is 9.10. The van der Waals surface area contributed by atoms with Crippen molar-refractivity contribution in [2.45, 2.75) is 46.6 Å². The summed E-state index contributed by atoms with van der Waals surface area (Å²) in [6, 6.07) is 6.66. The molecule has 1 aromatic carbocycles. The number of hydrogen-bond acceptors (Lipinski definition) is 1. The maximum Gasteiger partial charge on any atom is 0.0449 e. The van der Waals surface area contributed by atoms with Gasteiger partial charge in [-0.05, 0) is 48.9 Å². The monoisotopic (exact) mass is 345 g/mol. The Hall–Kier alpha value is -0.0500. The molecule has 0 amide bonds. The summed E-state index contributed by atoms with van der Waals surface area (Å²) in [4.78, 5) is 0. The van der Waals surface area contributed by atoms with Gasteiger partial charge in [-0.15, -0.1) is 0 Å². The van der Waals surface area contributed by atoms with Gasteiger partial charge in [0.1, 0.15) is 0 Å². The summed E-state index contributed by atoms with van der Waals surface area (Å²) in [5.41, 5.74) is 1.23. The lowest BCUT2D eigenvalue weighted by Crippen LogP contribution is -2.39. The Labute approximate surface area is 131 Å². The van der Waals surface area contributed by atoms with Gasteiger partial charge >= 0.3 is 0 Å². The van der Waals surface area contributed by atoms with Gasteiger partial charge in [-0.2, -0.15) is 0 Å². The second kappa shape index (κ2) is 8.28. The van der Waals surface area contributed by atoms with Gasteiger partial charge in [0.2, 0.25) is 0 Å². The molecule has 1 aromatic rings. The number of benzene rings is 1. The third-order valence-electron chi connectivity index (χ3n) is 3.80. The van der Waals surface area contributed by atoms with Crippen molar-refractivity contribution in [3.63, 3.8) is 0 Å². The second-order valence-corrected chi connectivity index (χ2v) is 6.93. The van der Waals surface area contributed by atoms with Crippen molar-refractivity contribution in [2.24, 2.45) is 11.8 Å². The summed E-state index contributed by atoms with van der Waals surface area (Å²) in [7, 11) is 0. The minimum Gasteiger partial charge on any atom is -0.313 e. The number of rotatable bonds is 7. The Morgan fingerprint density at radius 1 is 1.26 bits per heavy atom. The van der Waals surface area contributed by atoms with Gasteiger partial charge in [0.15, 0.2) is 0 Å². The Morgan fingerprint density at radius 2 is 1.95 bits per heavy atom. The first kappa shape index (κ1) is 17.0. The fraction of sp³-hybridized carbons (Fsp3) is 0.625. The quantitative estimate of drug-likeness (QED) is 0.706. The van der Waals surface area contributed by atoms with E-state index in [1.165, 1.54) is 5.56 Å². The molecular weight excluding hydrogens is 322 g/mol. The summed E-state index contributed by atoms with van der Waals surface area (Å²) in [5.74, 6) is 1.30. The summed E-state index contributed by atoms with van der Waals surface area (Å²) >= 11 is 9.79. The zero-order chi connectivity index (χ0) is 14.4. The van der Waals surface area contributed by atoms with Crippen LogP contribution in [0, 0.1) is 11.8 Å². The van der Waals surface area contributed by atoms with Crippen LogP contribution in [0.25, 0.3) is 0 Å². The van der Waals surface area contributed by atoms with E-state index < -0.39 is 0 Å². The predicted octanol–water partition coefficient (Wildman–Crippen LogP) is 5.31. The molecule has 0 spiro atoms. The van der Waals surface area contributed by atoms with Crippen LogP contribution < -0.4 is 5.32 Å². The van der Waals surface area contributed by atoms with E-state index in [1.54, 1.807) is 0 Å². The highest BCUT2D eigenvalue weighted by Crippen LogP contribution is 2.25. The summed E-state index contributed by atoms with van der Waals surface area (Å²) in [5, 5.41) is 4.53. The van der Waals surface area contributed by atoms with E-state index in [0.717, 1.165) is 28.9 Å². The Morgan fingerprint density at radius 3 is 2.47 bits per heavy atom. The standard InChI is InChI=1S/C16H25BrClN/c1-5-8-19-16(12(4)11(2)3)9-13-6-7-14(17)10-15(13)18/h6-7,10-12,16,19H,5,8-9H2,1-4H3. The first-order valence-corrected chi connectivity index (χ1v) is 8.30. The van der Waals surface area contributed by atoms with Gasteiger partial charge in [-0.3, -0.25) is 0 Å². The fourth-order valence-corrected chi connectivity index (χ4v) is 2.91. The zero-order valence-electron chi connectivity index (χ0n) is 12.3. The lowest BCUT2D eigenvalue weighted by molar-refractivity contribution is 0.297. The SMILES string of the molecule is CCCNC(Cc1ccc(Br)cc1Cl)C(C)C(C)C. The summed E-state index contributed by atoms with van der Waals surface area (Å²) in [6.45, 7) is 10.2. The fourth-order valence-electron chi connectivity index (χ4n) is 2.16. The molecule has 0 saturated heterocycles.